The lowest BCUT2D eigenvalue weighted by Gasteiger charge is -2.22. The van der Waals surface area contributed by atoms with Crippen molar-refractivity contribution in [2.75, 3.05) is 24.5 Å². The number of carbonyl (C=O) groups excluding carboxylic acids is 1. The van der Waals surface area contributed by atoms with Gasteiger partial charge in [0.2, 0.25) is 5.91 Å². The first-order valence-corrected chi connectivity index (χ1v) is 6.86. The summed E-state index contributed by atoms with van der Waals surface area (Å²) in [6.07, 6.45) is 0.447. The molecule has 1 saturated heterocycles. The van der Waals surface area contributed by atoms with Crippen molar-refractivity contribution >= 4 is 27.5 Å². The molecule has 1 aromatic carbocycles. The van der Waals surface area contributed by atoms with Crippen molar-refractivity contribution < 1.29 is 9.90 Å². The number of benzene rings is 1. The molecule has 18 heavy (non-hydrogen) atoms. The second-order valence-corrected chi connectivity index (χ2v) is 5.36. The number of halogens is 1. The molecule has 0 aliphatic carbocycles. The largest absolute Gasteiger partial charge is 0.389 e. The molecular formula is C13H17BrN2O2. The Morgan fingerprint density at radius 2 is 2.28 bits per heavy atom. The highest BCUT2D eigenvalue weighted by Crippen LogP contribution is 2.28. The van der Waals surface area contributed by atoms with Crippen LogP contribution >= 0.6 is 15.9 Å². The van der Waals surface area contributed by atoms with Gasteiger partial charge in [-0.25, -0.2) is 0 Å². The molecule has 1 fully saturated rings. The Morgan fingerprint density at radius 3 is 2.94 bits per heavy atom. The predicted octanol–water partition coefficient (Wildman–Crippen LogP) is 1.83. The van der Waals surface area contributed by atoms with E-state index in [1.54, 1.807) is 6.92 Å². The Kier molecular flexibility index (Phi) is 4.24. The second-order valence-electron chi connectivity index (χ2n) is 4.51. The van der Waals surface area contributed by atoms with E-state index in [2.05, 4.69) is 26.1 Å². The molecule has 2 rings (SSSR count). The average molecular weight is 313 g/mol. The number of aliphatic hydroxyl groups is 1. The molecule has 1 aliphatic rings. The highest BCUT2D eigenvalue weighted by Gasteiger charge is 2.16. The van der Waals surface area contributed by atoms with Crippen molar-refractivity contribution in [2.45, 2.75) is 19.4 Å². The molecule has 4 nitrogen and oxygen atoms in total. The monoisotopic (exact) mass is 312 g/mol. The Labute approximate surface area is 115 Å². The highest BCUT2D eigenvalue weighted by atomic mass is 79.9. The molecule has 0 bridgehead atoms. The first-order valence-electron chi connectivity index (χ1n) is 6.07. The van der Waals surface area contributed by atoms with Crippen LogP contribution in [-0.4, -0.2) is 30.6 Å². The van der Waals surface area contributed by atoms with E-state index in [4.69, 9.17) is 0 Å². The Balaban J connectivity index is 2.22. The van der Waals surface area contributed by atoms with Crippen molar-refractivity contribution in [1.29, 1.82) is 0 Å². The van der Waals surface area contributed by atoms with E-state index in [9.17, 15) is 9.90 Å². The number of rotatable bonds is 2. The molecule has 0 aromatic heterocycles. The fraction of sp³-hybridized carbons (Fsp3) is 0.462. The number of carbonyl (C=O) groups is 1. The third kappa shape index (κ3) is 3.03. The van der Waals surface area contributed by atoms with Crippen LogP contribution in [0.1, 0.15) is 25.0 Å². The predicted molar refractivity (Wildman–Crippen MR) is 74.6 cm³/mol. The van der Waals surface area contributed by atoms with Gasteiger partial charge in [0.05, 0.1) is 12.6 Å². The van der Waals surface area contributed by atoms with E-state index in [-0.39, 0.29) is 5.91 Å². The van der Waals surface area contributed by atoms with Crippen molar-refractivity contribution in [3.05, 3.63) is 28.2 Å². The van der Waals surface area contributed by atoms with Gasteiger partial charge in [-0.1, -0.05) is 22.0 Å². The topological polar surface area (TPSA) is 52.6 Å². The van der Waals surface area contributed by atoms with Crippen LogP contribution in [-0.2, 0) is 4.79 Å². The summed E-state index contributed by atoms with van der Waals surface area (Å²) in [5.74, 6) is 0.0585. The average Bonchev–Trinajstić information content (AvgIpc) is 2.53. The number of aliphatic hydroxyl groups excluding tert-OH is 1. The summed E-state index contributed by atoms with van der Waals surface area (Å²) in [6, 6.07) is 5.80. The number of anilines is 1. The molecule has 1 aromatic rings. The van der Waals surface area contributed by atoms with Crippen LogP contribution in [0.4, 0.5) is 5.69 Å². The second kappa shape index (κ2) is 5.71. The van der Waals surface area contributed by atoms with Crippen LogP contribution in [0.5, 0.6) is 0 Å². The summed E-state index contributed by atoms with van der Waals surface area (Å²) >= 11 is 3.46. The lowest BCUT2D eigenvalue weighted by Crippen LogP contribution is -2.33. The maximum absolute atomic E-state index is 11.5. The number of amides is 1. The number of nitrogens with zero attached hydrogens (tertiary/aromatic N) is 1. The maximum atomic E-state index is 11.5. The summed E-state index contributed by atoms with van der Waals surface area (Å²) in [7, 11) is 0. The van der Waals surface area contributed by atoms with Gasteiger partial charge in [0.25, 0.3) is 0 Å². The van der Waals surface area contributed by atoms with Gasteiger partial charge in [-0.2, -0.15) is 0 Å². The van der Waals surface area contributed by atoms with Crippen LogP contribution in [0.25, 0.3) is 0 Å². The lowest BCUT2D eigenvalue weighted by molar-refractivity contribution is -0.119. The van der Waals surface area contributed by atoms with Crippen molar-refractivity contribution in [2.24, 2.45) is 0 Å². The van der Waals surface area contributed by atoms with Gasteiger partial charge >= 0.3 is 0 Å². The number of nitrogens with one attached hydrogen (secondary N) is 1. The van der Waals surface area contributed by atoms with Gasteiger partial charge in [-0.05, 0) is 31.0 Å². The fourth-order valence-electron chi connectivity index (χ4n) is 2.08. The maximum Gasteiger partial charge on any atom is 0.239 e. The van der Waals surface area contributed by atoms with Gasteiger partial charge in [-0.3, -0.25) is 4.79 Å². The fourth-order valence-corrected chi connectivity index (χ4v) is 2.78. The van der Waals surface area contributed by atoms with Gasteiger partial charge in [-0.15, -0.1) is 0 Å². The van der Waals surface area contributed by atoms with Crippen LogP contribution in [0, 0.1) is 0 Å². The van der Waals surface area contributed by atoms with Gasteiger partial charge in [0.15, 0.2) is 0 Å². The zero-order valence-electron chi connectivity index (χ0n) is 10.3. The molecular weight excluding hydrogens is 296 g/mol. The summed E-state index contributed by atoms with van der Waals surface area (Å²) in [5, 5.41) is 12.4. The van der Waals surface area contributed by atoms with Gasteiger partial charge < -0.3 is 15.3 Å². The lowest BCUT2D eigenvalue weighted by atomic mass is 10.1. The minimum atomic E-state index is -0.499. The zero-order chi connectivity index (χ0) is 13.1. The van der Waals surface area contributed by atoms with E-state index in [1.165, 1.54) is 0 Å². The molecule has 0 spiro atoms. The van der Waals surface area contributed by atoms with Crippen LogP contribution in [0.2, 0.25) is 0 Å². The highest BCUT2D eigenvalue weighted by molar-refractivity contribution is 9.10. The smallest absolute Gasteiger partial charge is 0.239 e. The van der Waals surface area contributed by atoms with E-state index in [0.29, 0.717) is 6.54 Å². The van der Waals surface area contributed by atoms with Crippen molar-refractivity contribution in [3.63, 3.8) is 0 Å². The van der Waals surface area contributed by atoms with Crippen LogP contribution in [0.15, 0.2) is 22.7 Å². The minimum absolute atomic E-state index is 0.0585. The minimum Gasteiger partial charge on any atom is -0.389 e. The molecule has 0 saturated carbocycles. The van der Waals surface area contributed by atoms with E-state index in [0.717, 1.165) is 35.2 Å². The molecule has 5 heteroatoms. The summed E-state index contributed by atoms with van der Waals surface area (Å²) in [4.78, 5) is 13.6. The summed E-state index contributed by atoms with van der Waals surface area (Å²) in [5.41, 5.74) is 1.86. The van der Waals surface area contributed by atoms with E-state index >= 15 is 0 Å². The van der Waals surface area contributed by atoms with Gasteiger partial charge in [0, 0.05) is 23.2 Å². The standard InChI is InChI=1S/C13H17BrN2O2/c1-9(17)11-4-3-10(7-12(11)14)16-6-2-5-15-13(18)8-16/h3-4,7,9,17H,2,5-6,8H2,1H3,(H,15,18)/t9-/m0/s1. The first-order chi connectivity index (χ1) is 8.58. The molecule has 0 radical (unpaired) electrons. The van der Waals surface area contributed by atoms with E-state index in [1.807, 2.05) is 18.2 Å². The summed E-state index contributed by atoms with van der Waals surface area (Å²) < 4.78 is 0.875. The molecule has 98 valence electrons. The Hall–Kier alpha value is -1.07. The summed E-state index contributed by atoms with van der Waals surface area (Å²) in [6.45, 7) is 3.72. The molecule has 2 N–H and O–H groups in total. The zero-order valence-corrected chi connectivity index (χ0v) is 11.9. The van der Waals surface area contributed by atoms with Crippen LogP contribution in [0.3, 0.4) is 0 Å². The molecule has 0 unspecified atom stereocenters. The van der Waals surface area contributed by atoms with Crippen LogP contribution < -0.4 is 10.2 Å². The molecule has 1 heterocycles. The Bertz CT molecular complexity index is 449. The molecule has 1 atom stereocenters. The quantitative estimate of drug-likeness (QED) is 0.876. The van der Waals surface area contributed by atoms with Gasteiger partial charge in [0.1, 0.15) is 0 Å². The molecule has 1 aliphatic heterocycles. The Morgan fingerprint density at radius 1 is 1.50 bits per heavy atom. The first kappa shape index (κ1) is 13.4. The van der Waals surface area contributed by atoms with E-state index < -0.39 is 6.10 Å². The number of hydrogen-bond donors (Lipinski definition) is 2. The van der Waals surface area contributed by atoms with Crippen molar-refractivity contribution in [3.8, 4) is 0 Å². The normalized spacial score (nSPS) is 18.2. The third-order valence-electron chi connectivity index (χ3n) is 3.06. The molecule has 1 amide bonds. The number of hydrogen-bond acceptors (Lipinski definition) is 3. The SMILES string of the molecule is C[C@H](O)c1ccc(N2CCCNC(=O)C2)cc1Br. The van der Waals surface area contributed by atoms with Crippen molar-refractivity contribution in [1.82, 2.24) is 5.32 Å². The third-order valence-corrected chi connectivity index (χ3v) is 3.75.